The molecular weight excluding hydrogens is 396 g/mol. The summed E-state index contributed by atoms with van der Waals surface area (Å²) in [5.41, 5.74) is 2.20. The van der Waals surface area contributed by atoms with E-state index in [4.69, 9.17) is 0 Å². The van der Waals surface area contributed by atoms with Crippen LogP contribution in [0.5, 0.6) is 11.5 Å². The highest BCUT2D eigenvalue weighted by Gasteiger charge is 2.23. The van der Waals surface area contributed by atoms with Crippen molar-refractivity contribution >= 4 is 0 Å². The molecule has 3 heteroatoms. The maximum atomic E-state index is 10.9. The van der Waals surface area contributed by atoms with Gasteiger partial charge in [0.1, 0.15) is 11.5 Å². The highest BCUT2D eigenvalue weighted by atomic mass is 16.3. The van der Waals surface area contributed by atoms with E-state index in [1.165, 1.54) is 38.5 Å². The molecule has 0 aliphatic carbocycles. The van der Waals surface area contributed by atoms with Gasteiger partial charge in [-0.1, -0.05) is 79.1 Å². The normalized spacial score (nSPS) is 15.7. The van der Waals surface area contributed by atoms with E-state index in [1.807, 2.05) is 27.7 Å². The third-order valence-electron chi connectivity index (χ3n) is 7.56. The van der Waals surface area contributed by atoms with E-state index in [9.17, 15) is 15.3 Å². The molecule has 0 saturated carbocycles. The van der Waals surface area contributed by atoms with E-state index in [2.05, 4.69) is 27.7 Å². The van der Waals surface area contributed by atoms with Crippen LogP contribution in [0.15, 0.2) is 0 Å². The molecule has 186 valence electrons. The van der Waals surface area contributed by atoms with Gasteiger partial charge in [-0.2, -0.15) is 0 Å². The number of hydrogen-bond acceptors (Lipinski definition) is 3. The standard InChI is InChI=1S/C29H52O3/c1-20(2)12-9-13-21(3)14-10-15-22(4)16-11-18-29(8,32)19-17-26-25(7)27(30)23(5)24(6)28(26)31/h20-22,30-32H,9-19H2,1-8H3/t21-,22-,29-/m1/s1. The van der Waals surface area contributed by atoms with E-state index in [0.717, 1.165) is 53.4 Å². The minimum atomic E-state index is -0.752. The predicted molar refractivity (Wildman–Crippen MR) is 138 cm³/mol. The number of rotatable bonds is 15. The SMILES string of the molecule is Cc1c(C)c(O)c(CC[C@](C)(O)CCC[C@H](C)CCC[C@H](C)CCCC(C)C)c(C)c1O. The van der Waals surface area contributed by atoms with Gasteiger partial charge in [0, 0.05) is 5.56 Å². The van der Waals surface area contributed by atoms with Gasteiger partial charge in [0.2, 0.25) is 0 Å². The van der Waals surface area contributed by atoms with Crippen LogP contribution in [-0.4, -0.2) is 20.9 Å². The molecule has 3 nitrogen and oxygen atoms in total. The number of aromatic hydroxyl groups is 2. The van der Waals surface area contributed by atoms with Crippen LogP contribution < -0.4 is 0 Å². The zero-order valence-corrected chi connectivity index (χ0v) is 22.4. The van der Waals surface area contributed by atoms with Crippen LogP contribution in [0.4, 0.5) is 0 Å². The highest BCUT2D eigenvalue weighted by molar-refractivity contribution is 5.56. The Morgan fingerprint density at radius 1 is 0.656 bits per heavy atom. The Morgan fingerprint density at radius 2 is 1.12 bits per heavy atom. The molecule has 0 aromatic heterocycles. The predicted octanol–water partition coefficient (Wildman–Crippen LogP) is 8.15. The second-order valence-corrected chi connectivity index (χ2v) is 11.4. The molecule has 0 radical (unpaired) electrons. The Bertz CT molecular complexity index is 661. The number of hydrogen-bond donors (Lipinski definition) is 3. The lowest BCUT2D eigenvalue weighted by molar-refractivity contribution is 0.0384. The van der Waals surface area contributed by atoms with Crippen molar-refractivity contribution in [3.63, 3.8) is 0 Å². The molecule has 0 bridgehead atoms. The molecular formula is C29H52O3. The van der Waals surface area contributed by atoms with Crippen LogP contribution in [0.25, 0.3) is 0 Å². The second-order valence-electron chi connectivity index (χ2n) is 11.4. The summed E-state index contributed by atoms with van der Waals surface area (Å²) in [6.45, 7) is 16.8. The van der Waals surface area contributed by atoms with Crippen LogP contribution in [0.3, 0.4) is 0 Å². The maximum Gasteiger partial charge on any atom is 0.122 e. The Hall–Kier alpha value is -1.22. The molecule has 0 saturated heterocycles. The van der Waals surface area contributed by atoms with Gasteiger partial charge in [-0.05, 0) is 81.4 Å². The zero-order valence-electron chi connectivity index (χ0n) is 22.4. The maximum absolute atomic E-state index is 10.9. The molecule has 3 atom stereocenters. The Kier molecular flexibility index (Phi) is 12.1. The van der Waals surface area contributed by atoms with E-state index in [-0.39, 0.29) is 11.5 Å². The highest BCUT2D eigenvalue weighted by Crippen LogP contribution is 2.38. The van der Waals surface area contributed by atoms with Crippen molar-refractivity contribution in [3.8, 4) is 11.5 Å². The van der Waals surface area contributed by atoms with Gasteiger partial charge in [-0.25, -0.2) is 0 Å². The second kappa shape index (κ2) is 13.5. The summed E-state index contributed by atoms with van der Waals surface area (Å²) in [7, 11) is 0. The van der Waals surface area contributed by atoms with Gasteiger partial charge >= 0.3 is 0 Å². The number of benzene rings is 1. The van der Waals surface area contributed by atoms with E-state index in [1.54, 1.807) is 0 Å². The molecule has 3 N–H and O–H groups in total. The fraction of sp³-hybridized carbons (Fsp3) is 0.793. The summed E-state index contributed by atoms with van der Waals surface area (Å²) < 4.78 is 0. The quantitative estimate of drug-likeness (QED) is 0.237. The van der Waals surface area contributed by atoms with Gasteiger partial charge < -0.3 is 15.3 Å². The van der Waals surface area contributed by atoms with Crippen molar-refractivity contribution in [1.29, 1.82) is 0 Å². The molecule has 1 rings (SSSR count). The average Bonchev–Trinajstić information content (AvgIpc) is 2.70. The Morgan fingerprint density at radius 3 is 1.66 bits per heavy atom. The number of aliphatic hydroxyl groups is 1. The van der Waals surface area contributed by atoms with Gasteiger partial charge in [0.05, 0.1) is 5.60 Å². The molecule has 32 heavy (non-hydrogen) atoms. The summed E-state index contributed by atoms with van der Waals surface area (Å²) >= 11 is 0. The monoisotopic (exact) mass is 448 g/mol. The minimum Gasteiger partial charge on any atom is -0.507 e. The van der Waals surface area contributed by atoms with Crippen LogP contribution >= 0.6 is 0 Å². The molecule has 0 amide bonds. The van der Waals surface area contributed by atoms with Crippen LogP contribution in [0.2, 0.25) is 0 Å². The molecule has 0 heterocycles. The summed E-state index contributed by atoms with van der Waals surface area (Å²) in [6.07, 6.45) is 12.1. The molecule has 0 fully saturated rings. The van der Waals surface area contributed by atoms with Crippen molar-refractivity contribution in [1.82, 2.24) is 0 Å². The first kappa shape index (κ1) is 28.8. The van der Waals surface area contributed by atoms with Crippen LogP contribution in [0, 0.1) is 38.5 Å². The third kappa shape index (κ3) is 9.73. The van der Waals surface area contributed by atoms with Crippen molar-refractivity contribution in [2.45, 2.75) is 132 Å². The molecule has 0 aliphatic heterocycles. The van der Waals surface area contributed by atoms with Crippen molar-refractivity contribution in [3.05, 3.63) is 22.3 Å². The Labute approximate surface area is 198 Å². The van der Waals surface area contributed by atoms with Crippen molar-refractivity contribution in [2.24, 2.45) is 17.8 Å². The molecule has 0 aliphatic rings. The van der Waals surface area contributed by atoms with E-state index in [0.29, 0.717) is 18.8 Å². The molecule has 1 aromatic carbocycles. The first-order valence-electron chi connectivity index (χ1n) is 13.1. The van der Waals surface area contributed by atoms with Crippen LogP contribution in [0.1, 0.15) is 121 Å². The summed E-state index contributed by atoms with van der Waals surface area (Å²) in [6, 6.07) is 0. The fourth-order valence-corrected chi connectivity index (χ4v) is 4.82. The molecule has 0 unspecified atom stereocenters. The van der Waals surface area contributed by atoms with Gasteiger partial charge in [0.15, 0.2) is 0 Å². The lowest BCUT2D eigenvalue weighted by Crippen LogP contribution is -2.25. The summed E-state index contributed by atoms with van der Waals surface area (Å²) in [5.74, 6) is 2.89. The molecule has 0 spiro atoms. The third-order valence-corrected chi connectivity index (χ3v) is 7.56. The summed E-state index contributed by atoms with van der Waals surface area (Å²) in [4.78, 5) is 0. The van der Waals surface area contributed by atoms with E-state index < -0.39 is 5.60 Å². The Balaban J connectivity index is 2.36. The first-order valence-corrected chi connectivity index (χ1v) is 13.1. The number of phenolic OH excluding ortho intramolecular Hbond substituents is 2. The van der Waals surface area contributed by atoms with Crippen molar-refractivity contribution < 1.29 is 15.3 Å². The van der Waals surface area contributed by atoms with Gasteiger partial charge in [-0.15, -0.1) is 0 Å². The topological polar surface area (TPSA) is 60.7 Å². The minimum absolute atomic E-state index is 0.262. The van der Waals surface area contributed by atoms with Crippen LogP contribution in [-0.2, 0) is 6.42 Å². The zero-order chi connectivity index (χ0) is 24.5. The van der Waals surface area contributed by atoms with Crippen molar-refractivity contribution in [2.75, 3.05) is 0 Å². The fourth-order valence-electron chi connectivity index (χ4n) is 4.82. The molecule has 1 aromatic rings. The summed E-state index contributed by atoms with van der Waals surface area (Å²) in [5, 5.41) is 31.7. The lowest BCUT2D eigenvalue weighted by Gasteiger charge is -2.25. The number of phenols is 2. The first-order chi connectivity index (χ1) is 14.9. The average molecular weight is 449 g/mol. The largest absolute Gasteiger partial charge is 0.507 e. The smallest absolute Gasteiger partial charge is 0.122 e. The lowest BCUT2D eigenvalue weighted by atomic mass is 9.86. The van der Waals surface area contributed by atoms with Gasteiger partial charge in [0.25, 0.3) is 0 Å². The van der Waals surface area contributed by atoms with Gasteiger partial charge in [-0.3, -0.25) is 0 Å². The van der Waals surface area contributed by atoms with E-state index >= 15 is 0 Å².